The Morgan fingerprint density at radius 3 is 2.56 bits per heavy atom. The van der Waals surface area contributed by atoms with Crippen molar-refractivity contribution < 1.29 is 13.5 Å². The number of aliphatic hydroxyl groups excluding tert-OH is 1. The third-order valence-corrected chi connectivity index (χ3v) is 3.77. The van der Waals surface area contributed by atoms with Gasteiger partial charge >= 0.3 is 0 Å². The smallest absolute Gasteiger partial charge is 0.240 e. The van der Waals surface area contributed by atoms with Gasteiger partial charge in [-0.05, 0) is 38.0 Å². The topological polar surface area (TPSA) is 66.4 Å². The third kappa shape index (κ3) is 3.30. The predicted molar refractivity (Wildman–Crippen MR) is 62.8 cm³/mol. The summed E-state index contributed by atoms with van der Waals surface area (Å²) in [5.41, 5.74) is 1.59. The molecule has 90 valence electrons. The molecule has 0 saturated heterocycles. The van der Waals surface area contributed by atoms with E-state index in [0.29, 0.717) is 5.56 Å². The number of aryl methyl sites for hydroxylation is 2. The summed E-state index contributed by atoms with van der Waals surface area (Å²) < 4.78 is 26.1. The van der Waals surface area contributed by atoms with Gasteiger partial charge in [0.15, 0.2) is 0 Å². The second-order valence-corrected chi connectivity index (χ2v) is 5.71. The van der Waals surface area contributed by atoms with Crippen molar-refractivity contribution in [2.45, 2.75) is 31.8 Å². The second kappa shape index (κ2) is 4.95. The summed E-state index contributed by atoms with van der Waals surface area (Å²) in [4.78, 5) is 0.271. The van der Waals surface area contributed by atoms with Crippen LogP contribution in [-0.2, 0) is 10.0 Å². The molecule has 1 atom stereocenters. The normalized spacial score (nSPS) is 13.8. The van der Waals surface area contributed by atoms with Crippen LogP contribution in [0, 0.1) is 13.8 Å². The molecule has 16 heavy (non-hydrogen) atoms. The van der Waals surface area contributed by atoms with Crippen LogP contribution in [0.4, 0.5) is 0 Å². The fourth-order valence-electron chi connectivity index (χ4n) is 1.30. The van der Waals surface area contributed by atoms with Crippen LogP contribution in [0.2, 0.25) is 0 Å². The van der Waals surface area contributed by atoms with Crippen molar-refractivity contribution in [1.82, 2.24) is 4.72 Å². The van der Waals surface area contributed by atoms with Crippen molar-refractivity contribution in [3.8, 4) is 0 Å². The molecule has 0 aliphatic carbocycles. The van der Waals surface area contributed by atoms with Crippen LogP contribution in [0.5, 0.6) is 0 Å². The van der Waals surface area contributed by atoms with Crippen molar-refractivity contribution in [1.29, 1.82) is 0 Å². The highest BCUT2D eigenvalue weighted by Crippen LogP contribution is 2.16. The molecule has 4 nitrogen and oxygen atoms in total. The largest absolute Gasteiger partial charge is 0.392 e. The molecule has 0 saturated carbocycles. The average Bonchev–Trinajstić information content (AvgIpc) is 2.19. The zero-order valence-corrected chi connectivity index (χ0v) is 10.5. The summed E-state index contributed by atoms with van der Waals surface area (Å²) in [5.74, 6) is 0. The van der Waals surface area contributed by atoms with Crippen LogP contribution in [0.1, 0.15) is 18.1 Å². The zero-order valence-electron chi connectivity index (χ0n) is 9.69. The van der Waals surface area contributed by atoms with Crippen LogP contribution < -0.4 is 4.72 Å². The van der Waals surface area contributed by atoms with Gasteiger partial charge in [0.05, 0.1) is 11.0 Å². The maximum absolute atomic E-state index is 11.9. The second-order valence-electron chi connectivity index (χ2n) is 3.97. The Hall–Kier alpha value is -0.910. The quantitative estimate of drug-likeness (QED) is 0.828. The van der Waals surface area contributed by atoms with Gasteiger partial charge in [0.25, 0.3) is 0 Å². The van der Waals surface area contributed by atoms with Gasteiger partial charge in [0.1, 0.15) is 0 Å². The molecule has 0 bridgehead atoms. The third-order valence-electron chi connectivity index (χ3n) is 2.20. The number of benzene rings is 1. The lowest BCUT2D eigenvalue weighted by Gasteiger charge is -2.11. The van der Waals surface area contributed by atoms with Gasteiger partial charge in [-0.2, -0.15) is 0 Å². The Morgan fingerprint density at radius 2 is 2.00 bits per heavy atom. The van der Waals surface area contributed by atoms with E-state index in [2.05, 4.69) is 4.72 Å². The van der Waals surface area contributed by atoms with E-state index >= 15 is 0 Å². The lowest BCUT2D eigenvalue weighted by molar-refractivity contribution is 0.198. The highest BCUT2D eigenvalue weighted by Gasteiger charge is 2.16. The minimum atomic E-state index is -3.52. The summed E-state index contributed by atoms with van der Waals surface area (Å²) >= 11 is 0. The van der Waals surface area contributed by atoms with Crippen LogP contribution >= 0.6 is 0 Å². The number of nitrogens with one attached hydrogen (secondary N) is 1. The molecule has 0 unspecified atom stereocenters. The zero-order chi connectivity index (χ0) is 12.3. The fraction of sp³-hybridized carbons (Fsp3) is 0.455. The molecular weight excluding hydrogens is 226 g/mol. The first kappa shape index (κ1) is 13.2. The van der Waals surface area contributed by atoms with Crippen molar-refractivity contribution in [2.75, 3.05) is 6.54 Å². The van der Waals surface area contributed by atoms with Crippen molar-refractivity contribution in [2.24, 2.45) is 0 Å². The Morgan fingerprint density at radius 1 is 1.38 bits per heavy atom. The summed E-state index contributed by atoms with van der Waals surface area (Å²) in [7, 11) is -3.52. The van der Waals surface area contributed by atoms with E-state index in [1.54, 1.807) is 19.1 Å². The standard InChI is InChI=1S/C11H17NO3S/c1-8-4-5-9(2)11(6-8)16(14,15)12-7-10(3)13/h4-6,10,12-13H,7H2,1-3H3/t10-/m0/s1. The first-order valence-electron chi connectivity index (χ1n) is 5.08. The summed E-state index contributed by atoms with van der Waals surface area (Å²) in [6, 6.07) is 5.26. The molecule has 1 aromatic rings. The maximum Gasteiger partial charge on any atom is 0.240 e. The van der Waals surface area contributed by atoms with Gasteiger partial charge in [0.2, 0.25) is 10.0 Å². The molecule has 1 rings (SSSR count). The van der Waals surface area contributed by atoms with Crippen LogP contribution in [0.25, 0.3) is 0 Å². The van der Waals surface area contributed by atoms with Gasteiger partial charge in [-0.3, -0.25) is 0 Å². The van der Waals surface area contributed by atoms with Crippen molar-refractivity contribution in [3.63, 3.8) is 0 Å². The maximum atomic E-state index is 11.9. The molecular formula is C11H17NO3S. The number of hydrogen-bond acceptors (Lipinski definition) is 3. The molecule has 0 aromatic heterocycles. The molecule has 5 heteroatoms. The molecule has 0 radical (unpaired) electrons. The van der Waals surface area contributed by atoms with Crippen LogP contribution in [0.15, 0.2) is 23.1 Å². The minimum absolute atomic E-state index is 0.0235. The lowest BCUT2D eigenvalue weighted by atomic mass is 10.2. The Kier molecular flexibility index (Phi) is 4.07. The molecule has 0 amide bonds. The van der Waals surface area contributed by atoms with Crippen LogP contribution in [0.3, 0.4) is 0 Å². The van der Waals surface area contributed by atoms with Crippen molar-refractivity contribution >= 4 is 10.0 Å². The number of aliphatic hydroxyl groups is 1. The molecule has 0 spiro atoms. The van der Waals surface area contributed by atoms with Crippen molar-refractivity contribution in [3.05, 3.63) is 29.3 Å². The Bertz CT molecular complexity index is 466. The summed E-state index contributed by atoms with van der Waals surface area (Å²) in [6.07, 6.45) is -0.695. The first-order chi connectivity index (χ1) is 7.33. The molecule has 0 fully saturated rings. The average molecular weight is 243 g/mol. The van der Waals surface area contributed by atoms with E-state index in [4.69, 9.17) is 5.11 Å². The molecule has 2 N–H and O–H groups in total. The summed E-state index contributed by atoms with van der Waals surface area (Å²) in [6.45, 7) is 5.14. The first-order valence-corrected chi connectivity index (χ1v) is 6.56. The van der Waals surface area contributed by atoms with Gasteiger partial charge in [-0.1, -0.05) is 12.1 Å². The predicted octanol–water partition coefficient (Wildman–Crippen LogP) is 0.963. The van der Waals surface area contributed by atoms with E-state index in [0.717, 1.165) is 5.56 Å². The summed E-state index contributed by atoms with van der Waals surface area (Å²) in [5, 5.41) is 9.06. The Balaban J connectivity index is 3.02. The van der Waals surface area contributed by atoms with Gasteiger partial charge in [-0.25, -0.2) is 13.1 Å². The van der Waals surface area contributed by atoms with Gasteiger partial charge < -0.3 is 5.11 Å². The lowest BCUT2D eigenvalue weighted by Crippen LogP contribution is -2.31. The van der Waals surface area contributed by atoms with E-state index in [9.17, 15) is 8.42 Å². The fourth-order valence-corrected chi connectivity index (χ4v) is 2.75. The molecule has 1 aromatic carbocycles. The highest BCUT2D eigenvalue weighted by atomic mass is 32.2. The number of rotatable bonds is 4. The van der Waals surface area contributed by atoms with E-state index in [-0.39, 0.29) is 11.4 Å². The number of sulfonamides is 1. The monoisotopic (exact) mass is 243 g/mol. The van der Waals surface area contributed by atoms with E-state index in [1.165, 1.54) is 6.92 Å². The molecule has 0 heterocycles. The van der Waals surface area contributed by atoms with E-state index < -0.39 is 16.1 Å². The highest BCUT2D eigenvalue weighted by molar-refractivity contribution is 7.89. The van der Waals surface area contributed by atoms with E-state index in [1.807, 2.05) is 13.0 Å². The molecule has 0 aliphatic heterocycles. The van der Waals surface area contributed by atoms with Gasteiger partial charge in [-0.15, -0.1) is 0 Å². The minimum Gasteiger partial charge on any atom is -0.392 e. The van der Waals surface area contributed by atoms with Gasteiger partial charge in [0, 0.05) is 6.54 Å². The number of hydrogen-bond donors (Lipinski definition) is 2. The Labute approximate surface area is 96.4 Å². The van der Waals surface area contributed by atoms with Crippen LogP contribution in [-0.4, -0.2) is 26.2 Å². The SMILES string of the molecule is Cc1ccc(C)c(S(=O)(=O)NC[C@H](C)O)c1. The molecule has 0 aliphatic rings.